The molecule has 0 radical (unpaired) electrons. The van der Waals surface area contributed by atoms with Crippen LogP contribution in [-0.2, 0) is 14.3 Å². The van der Waals surface area contributed by atoms with Gasteiger partial charge in [-0.2, -0.15) is 0 Å². The summed E-state index contributed by atoms with van der Waals surface area (Å²) < 4.78 is 5.22. The number of allylic oxidation sites excluding steroid dienone is 2. The highest BCUT2D eigenvalue weighted by atomic mass is 16.5. The predicted molar refractivity (Wildman–Crippen MR) is 85.8 cm³/mol. The summed E-state index contributed by atoms with van der Waals surface area (Å²) >= 11 is 0. The summed E-state index contributed by atoms with van der Waals surface area (Å²) in [7, 11) is 1.71. The fraction of sp³-hybridized carbons (Fsp3) is 0.778. The van der Waals surface area contributed by atoms with Crippen molar-refractivity contribution in [2.75, 3.05) is 20.3 Å². The number of fused-ring (bicyclic) bond motifs is 2. The van der Waals surface area contributed by atoms with Gasteiger partial charge in [-0.15, -0.1) is 0 Å². The van der Waals surface area contributed by atoms with Gasteiger partial charge in [0.15, 0.2) is 0 Å². The van der Waals surface area contributed by atoms with E-state index in [1.807, 2.05) is 12.2 Å². The molecule has 2 fully saturated rings. The number of carboxylic acid groups (broad SMARTS) is 1. The molecule has 2 N–H and O–H groups in total. The number of nitrogens with one attached hydrogen (secondary N) is 1. The van der Waals surface area contributed by atoms with E-state index in [9.17, 15) is 14.7 Å². The first-order valence-electron chi connectivity index (χ1n) is 8.74. The Balaban J connectivity index is 1.62. The molecule has 0 aliphatic heterocycles. The van der Waals surface area contributed by atoms with Crippen LogP contribution in [0.4, 0.5) is 0 Å². The Hall–Kier alpha value is -1.36. The van der Waals surface area contributed by atoms with E-state index in [1.165, 1.54) is 12.8 Å². The van der Waals surface area contributed by atoms with E-state index in [2.05, 4.69) is 5.32 Å². The van der Waals surface area contributed by atoms with Crippen LogP contribution in [0.15, 0.2) is 12.2 Å². The van der Waals surface area contributed by atoms with Gasteiger partial charge >= 0.3 is 5.97 Å². The normalized spacial score (nSPS) is 34.0. The number of amides is 1. The van der Waals surface area contributed by atoms with Crippen LogP contribution in [-0.4, -0.2) is 37.2 Å². The zero-order valence-electron chi connectivity index (χ0n) is 13.8. The molecular formula is C18H27NO4. The Morgan fingerprint density at radius 1 is 1.22 bits per heavy atom. The predicted octanol–water partition coefficient (Wildman–Crippen LogP) is 2.22. The molecule has 5 nitrogen and oxygen atoms in total. The largest absolute Gasteiger partial charge is 0.481 e. The van der Waals surface area contributed by atoms with Crippen molar-refractivity contribution in [3.8, 4) is 0 Å². The van der Waals surface area contributed by atoms with Gasteiger partial charge in [0.25, 0.3) is 0 Å². The molecule has 3 aliphatic rings. The molecule has 0 saturated heterocycles. The fourth-order valence-electron chi connectivity index (χ4n) is 4.87. The zero-order valence-corrected chi connectivity index (χ0v) is 13.8. The first-order chi connectivity index (χ1) is 11.1. The van der Waals surface area contributed by atoms with Gasteiger partial charge in [-0.3, -0.25) is 9.59 Å². The van der Waals surface area contributed by atoms with E-state index in [1.54, 1.807) is 7.11 Å². The number of carbonyl (C=O) groups excluding carboxylic acids is 1. The number of hydrogen-bond donors (Lipinski definition) is 2. The molecule has 5 heteroatoms. The number of carboxylic acids is 1. The van der Waals surface area contributed by atoms with Gasteiger partial charge in [0.05, 0.1) is 11.8 Å². The average molecular weight is 321 g/mol. The molecule has 0 spiro atoms. The van der Waals surface area contributed by atoms with Crippen molar-refractivity contribution in [2.45, 2.75) is 38.5 Å². The van der Waals surface area contributed by atoms with Crippen LogP contribution in [0, 0.1) is 29.1 Å². The van der Waals surface area contributed by atoms with Crippen molar-refractivity contribution in [3.05, 3.63) is 12.2 Å². The number of methoxy groups -OCH3 is 1. The molecule has 23 heavy (non-hydrogen) atoms. The van der Waals surface area contributed by atoms with Crippen LogP contribution in [0.1, 0.15) is 38.5 Å². The lowest BCUT2D eigenvalue weighted by Crippen LogP contribution is -2.44. The van der Waals surface area contributed by atoms with Crippen LogP contribution >= 0.6 is 0 Å². The van der Waals surface area contributed by atoms with E-state index in [0.29, 0.717) is 13.2 Å². The van der Waals surface area contributed by atoms with E-state index in [-0.39, 0.29) is 23.2 Å². The lowest BCUT2D eigenvalue weighted by Gasteiger charge is -2.31. The second-order valence-corrected chi connectivity index (χ2v) is 7.51. The van der Waals surface area contributed by atoms with Gasteiger partial charge in [-0.05, 0) is 42.9 Å². The number of rotatable bonds is 7. The summed E-state index contributed by atoms with van der Waals surface area (Å²) in [5.41, 5.74) is 0.137. The Kier molecular flexibility index (Phi) is 4.76. The lowest BCUT2D eigenvalue weighted by atomic mass is 9.80. The number of carbonyl (C=O) groups is 2. The highest BCUT2D eigenvalue weighted by molar-refractivity contribution is 5.86. The van der Waals surface area contributed by atoms with Crippen LogP contribution < -0.4 is 5.32 Å². The van der Waals surface area contributed by atoms with Crippen molar-refractivity contribution < 1.29 is 19.4 Å². The first-order valence-corrected chi connectivity index (χ1v) is 8.74. The maximum absolute atomic E-state index is 12.7. The van der Waals surface area contributed by atoms with Crippen molar-refractivity contribution in [1.29, 1.82) is 0 Å². The second kappa shape index (κ2) is 6.63. The molecule has 0 aromatic carbocycles. The highest BCUT2D eigenvalue weighted by Crippen LogP contribution is 2.48. The first kappa shape index (κ1) is 16.5. The monoisotopic (exact) mass is 321 g/mol. The van der Waals surface area contributed by atoms with Crippen LogP contribution in [0.2, 0.25) is 0 Å². The Morgan fingerprint density at radius 2 is 1.87 bits per heavy atom. The SMILES string of the molecule is COCCC1(CNC(=O)C2C3C=CC(C3)C2C(=O)O)CCCC1. The summed E-state index contributed by atoms with van der Waals surface area (Å²) in [4.78, 5) is 24.2. The topological polar surface area (TPSA) is 75.6 Å². The quantitative estimate of drug-likeness (QED) is 0.705. The van der Waals surface area contributed by atoms with Gasteiger partial charge in [-0.1, -0.05) is 25.0 Å². The lowest BCUT2D eigenvalue weighted by molar-refractivity contribution is -0.147. The maximum Gasteiger partial charge on any atom is 0.307 e. The summed E-state index contributed by atoms with van der Waals surface area (Å²) in [6.07, 6.45) is 10.4. The number of ether oxygens (including phenoxy) is 1. The Morgan fingerprint density at radius 3 is 2.48 bits per heavy atom. The minimum absolute atomic E-state index is 0.0298. The molecule has 3 rings (SSSR count). The van der Waals surface area contributed by atoms with Crippen LogP contribution in [0.3, 0.4) is 0 Å². The van der Waals surface area contributed by atoms with Gasteiger partial charge < -0.3 is 15.2 Å². The van der Waals surface area contributed by atoms with Crippen molar-refractivity contribution in [1.82, 2.24) is 5.32 Å². The molecule has 0 aromatic heterocycles. The van der Waals surface area contributed by atoms with Crippen LogP contribution in [0.5, 0.6) is 0 Å². The molecule has 4 unspecified atom stereocenters. The van der Waals surface area contributed by atoms with E-state index in [4.69, 9.17) is 4.74 Å². The second-order valence-electron chi connectivity index (χ2n) is 7.51. The minimum Gasteiger partial charge on any atom is -0.481 e. The molecule has 4 atom stereocenters. The summed E-state index contributed by atoms with van der Waals surface area (Å²) in [6.45, 7) is 1.36. The molecule has 2 bridgehead atoms. The van der Waals surface area contributed by atoms with Gasteiger partial charge in [0, 0.05) is 20.3 Å². The number of aliphatic carboxylic acids is 1. The average Bonchev–Trinajstić information content (AvgIpc) is 3.26. The van der Waals surface area contributed by atoms with E-state index >= 15 is 0 Å². The molecule has 128 valence electrons. The standard InChI is InChI=1S/C18H27NO4/c1-23-9-8-18(6-2-3-7-18)11-19-16(20)14-12-4-5-13(10-12)15(14)17(21)22/h4-5,12-15H,2-3,6-11H2,1H3,(H,19,20)(H,21,22). The summed E-state index contributed by atoms with van der Waals surface area (Å²) in [6, 6.07) is 0. The van der Waals surface area contributed by atoms with Gasteiger partial charge in [-0.25, -0.2) is 0 Å². The van der Waals surface area contributed by atoms with Crippen molar-refractivity contribution in [3.63, 3.8) is 0 Å². The molecule has 3 aliphatic carbocycles. The third kappa shape index (κ3) is 3.16. The molecule has 0 heterocycles. The number of hydrogen-bond acceptors (Lipinski definition) is 3. The fourth-order valence-corrected chi connectivity index (χ4v) is 4.87. The Bertz CT molecular complexity index is 495. The summed E-state index contributed by atoms with van der Waals surface area (Å²) in [5, 5.41) is 12.6. The maximum atomic E-state index is 12.7. The molecular weight excluding hydrogens is 294 g/mol. The minimum atomic E-state index is -0.836. The van der Waals surface area contributed by atoms with Crippen molar-refractivity contribution >= 4 is 11.9 Å². The molecule has 0 aromatic rings. The smallest absolute Gasteiger partial charge is 0.307 e. The highest BCUT2D eigenvalue weighted by Gasteiger charge is 2.51. The van der Waals surface area contributed by atoms with E-state index in [0.717, 1.165) is 25.7 Å². The van der Waals surface area contributed by atoms with Gasteiger partial charge in [0.1, 0.15) is 0 Å². The third-order valence-corrected chi connectivity index (χ3v) is 6.19. The summed E-state index contributed by atoms with van der Waals surface area (Å²) in [5.74, 6) is -1.73. The molecule has 2 saturated carbocycles. The molecule has 1 amide bonds. The van der Waals surface area contributed by atoms with E-state index < -0.39 is 17.8 Å². The van der Waals surface area contributed by atoms with Crippen LogP contribution in [0.25, 0.3) is 0 Å². The Labute approximate surface area is 137 Å². The van der Waals surface area contributed by atoms with Gasteiger partial charge in [0.2, 0.25) is 5.91 Å². The van der Waals surface area contributed by atoms with Crippen molar-refractivity contribution in [2.24, 2.45) is 29.1 Å². The third-order valence-electron chi connectivity index (χ3n) is 6.19. The zero-order chi connectivity index (χ0) is 16.4.